The molecule has 0 bridgehead atoms. The molecule has 0 fully saturated rings. The van der Waals surface area contributed by atoms with Crippen molar-refractivity contribution in [3.63, 3.8) is 0 Å². The van der Waals surface area contributed by atoms with Crippen molar-refractivity contribution in [2.75, 3.05) is 4.05 Å². The highest BCUT2D eigenvalue weighted by Gasteiger charge is 2.05. The van der Waals surface area contributed by atoms with Crippen LogP contribution in [0.25, 0.3) is 0 Å². The summed E-state index contributed by atoms with van der Waals surface area (Å²) in [5.41, 5.74) is 0. The van der Waals surface area contributed by atoms with Gasteiger partial charge in [-0.1, -0.05) is 48.1 Å². The molecule has 2 nitrogen and oxygen atoms in total. The summed E-state index contributed by atoms with van der Waals surface area (Å²) in [5, 5.41) is 0. The monoisotopic (exact) mass is 326 g/mol. The number of ether oxygens (including phenoxy) is 1. The van der Waals surface area contributed by atoms with Gasteiger partial charge in [0.05, 0.1) is 6.10 Å². The molecule has 0 spiro atoms. The van der Waals surface area contributed by atoms with E-state index in [-0.39, 0.29) is 21.6 Å². The Labute approximate surface area is 102 Å². The molecular formula is C10H19IO2Si. The standard InChI is InChI=1S/C10H19IO2Si/c1-3-10(12)13-9(2)6-4-5-7-14-8-11/h3,9H,1,4-8,14H2,2H3. The quantitative estimate of drug-likeness (QED) is 0.171. The van der Waals surface area contributed by atoms with Crippen molar-refractivity contribution in [2.24, 2.45) is 0 Å². The van der Waals surface area contributed by atoms with Crippen LogP contribution in [0.5, 0.6) is 0 Å². The molecule has 0 aromatic carbocycles. The van der Waals surface area contributed by atoms with Crippen LogP contribution in [-0.4, -0.2) is 25.6 Å². The Kier molecular flexibility index (Phi) is 9.81. The van der Waals surface area contributed by atoms with Gasteiger partial charge in [0.1, 0.15) is 0 Å². The van der Waals surface area contributed by atoms with E-state index in [1.165, 1.54) is 29.0 Å². The highest BCUT2D eigenvalue weighted by molar-refractivity contribution is 14.1. The number of halogens is 1. The maximum Gasteiger partial charge on any atom is 0.330 e. The van der Waals surface area contributed by atoms with Crippen LogP contribution in [-0.2, 0) is 9.53 Å². The van der Waals surface area contributed by atoms with Gasteiger partial charge in [-0.2, -0.15) is 0 Å². The van der Waals surface area contributed by atoms with Crippen molar-refractivity contribution in [3.05, 3.63) is 12.7 Å². The van der Waals surface area contributed by atoms with E-state index < -0.39 is 0 Å². The fourth-order valence-corrected chi connectivity index (χ4v) is 3.70. The molecule has 14 heavy (non-hydrogen) atoms. The van der Waals surface area contributed by atoms with Gasteiger partial charge in [-0.3, -0.25) is 0 Å². The number of rotatable bonds is 8. The largest absolute Gasteiger partial charge is 0.460 e. The van der Waals surface area contributed by atoms with Crippen LogP contribution < -0.4 is 0 Å². The maximum atomic E-state index is 10.8. The van der Waals surface area contributed by atoms with Crippen LogP contribution >= 0.6 is 22.6 Å². The molecule has 4 heteroatoms. The molecule has 0 heterocycles. The first-order valence-electron chi connectivity index (χ1n) is 5.09. The number of esters is 1. The van der Waals surface area contributed by atoms with Crippen LogP contribution in [0.1, 0.15) is 26.2 Å². The minimum Gasteiger partial charge on any atom is -0.460 e. The second-order valence-electron chi connectivity index (χ2n) is 3.34. The molecule has 0 saturated heterocycles. The number of hydrogen-bond acceptors (Lipinski definition) is 2. The van der Waals surface area contributed by atoms with E-state index in [9.17, 15) is 4.79 Å². The van der Waals surface area contributed by atoms with Crippen molar-refractivity contribution in [1.29, 1.82) is 0 Å². The molecule has 0 aliphatic heterocycles. The second-order valence-corrected chi connectivity index (χ2v) is 8.37. The van der Waals surface area contributed by atoms with Crippen molar-refractivity contribution in [3.8, 4) is 0 Å². The zero-order valence-corrected chi connectivity index (χ0v) is 12.4. The Bertz CT molecular complexity index is 174. The second kappa shape index (κ2) is 9.70. The van der Waals surface area contributed by atoms with Gasteiger partial charge in [-0.25, -0.2) is 4.79 Å². The van der Waals surface area contributed by atoms with Crippen LogP contribution in [0.15, 0.2) is 12.7 Å². The van der Waals surface area contributed by atoms with Crippen LogP contribution in [0, 0.1) is 0 Å². The normalized spacial score (nSPS) is 13.0. The Hall–Kier alpha value is 0.157. The zero-order valence-electron chi connectivity index (χ0n) is 8.80. The predicted molar refractivity (Wildman–Crippen MR) is 71.8 cm³/mol. The van der Waals surface area contributed by atoms with Gasteiger partial charge in [0.15, 0.2) is 0 Å². The molecule has 1 atom stereocenters. The summed E-state index contributed by atoms with van der Waals surface area (Å²) in [5.74, 6) is -0.306. The van der Waals surface area contributed by atoms with Gasteiger partial charge in [-0.05, 0) is 17.4 Å². The van der Waals surface area contributed by atoms with E-state index >= 15 is 0 Å². The third kappa shape index (κ3) is 8.74. The highest BCUT2D eigenvalue weighted by atomic mass is 127. The Morgan fingerprint density at radius 3 is 2.93 bits per heavy atom. The third-order valence-corrected chi connectivity index (χ3v) is 5.53. The van der Waals surface area contributed by atoms with Gasteiger partial charge in [0.2, 0.25) is 0 Å². The van der Waals surface area contributed by atoms with Gasteiger partial charge in [-0.15, -0.1) is 0 Å². The molecule has 0 aliphatic rings. The topological polar surface area (TPSA) is 26.3 Å². The summed E-state index contributed by atoms with van der Waals surface area (Å²) < 4.78 is 6.43. The van der Waals surface area contributed by atoms with Crippen LogP contribution in [0.3, 0.4) is 0 Å². The molecule has 82 valence electrons. The molecule has 0 rings (SSSR count). The summed E-state index contributed by atoms with van der Waals surface area (Å²) in [4.78, 5) is 10.8. The van der Waals surface area contributed by atoms with Crippen molar-refractivity contribution in [1.82, 2.24) is 0 Å². The first-order chi connectivity index (χ1) is 6.70. The Balaban J connectivity index is 3.30. The van der Waals surface area contributed by atoms with Gasteiger partial charge >= 0.3 is 5.97 Å². The van der Waals surface area contributed by atoms with Crippen molar-refractivity contribution < 1.29 is 9.53 Å². The van der Waals surface area contributed by atoms with Crippen molar-refractivity contribution >= 4 is 38.1 Å². The minimum atomic E-state index is -0.306. The SMILES string of the molecule is C=CC(=O)OC(C)CCCC[SiH2]CI. The predicted octanol–water partition coefficient (Wildman–Crippen LogP) is 2.25. The summed E-state index contributed by atoms with van der Waals surface area (Å²) >= 11 is 2.45. The average Bonchev–Trinajstić information content (AvgIpc) is 2.17. The van der Waals surface area contributed by atoms with E-state index in [0.29, 0.717) is 0 Å². The van der Waals surface area contributed by atoms with Crippen molar-refractivity contribution in [2.45, 2.75) is 38.3 Å². The van der Waals surface area contributed by atoms with E-state index in [4.69, 9.17) is 4.74 Å². The number of hydrogen-bond donors (Lipinski definition) is 0. The first kappa shape index (κ1) is 14.2. The molecule has 0 aromatic heterocycles. The molecule has 0 aromatic rings. The maximum absolute atomic E-state index is 10.8. The Morgan fingerprint density at radius 2 is 2.36 bits per heavy atom. The third-order valence-electron chi connectivity index (χ3n) is 1.98. The lowest BCUT2D eigenvalue weighted by Gasteiger charge is -2.10. The smallest absolute Gasteiger partial charge is 0.330 e. The summed E-state index contributed by atoms with van der Waals surface area (Å²) in [7, 11) is 0.213. The minimum absolute atomic E-state index is 0.0433. The Morgan fingerprint density at radius 1 is 1.64 bits per heavy atom. The number of carbonyl (C=O) groups excluding carboxylic acids is 1. The average molecular weight is 326 g/mol. The lowest BCUT2D eigenvalue weighted by molar-refractivity contribution is -0.142. The molecule has 0 aliphatic carbocycles. The zero-order chi connectivity index (χ0) is 10.8. The molecular weight excluding hydrogens is 307 g/mol. The fourth-order valence-electron chi connectivity index (χ4n) is 1.19. The van der Waals surface area contributed by atoms with Gasteiger partial charge in [0.25, 0.3) is 0 Å². The molecule has 0 saturated carbocycles. The van der Waals surface area contributed by atoms with Crippen LogP contribution in [0.2, 0.25) is 6.04 Å². The van der Waals surface area contributed by atoms with E-state index in [2.05, 4.69) is 29.2 Å². The van der Waals surface area contributed by atoms with Gasteiger partial charge < -0.3 is 4.74 Å². The summed E-state index contributed by atoms with van der Waals surface area (Å²) in [6, 6.07) is 1.42. The number of alkyl halides is 1. The molecule has 1 unspecified atom stereocenters. The number of unbranched alkanes of at least 4 members (excludes halogenated alkanes) is 1. The summed E-state index contributed by atoms with van der Waals surface area (Å²) in [6.07, 6.45) is 4.72. The lowest BCUT2D eigenvalue weighted by Crippen LogP contribution is -2.12. The highest BCUT2D eigenvalue weighted by Crippen LogP contribution is 2.07. The van der Waals surface area contributed by atoms with Gasteiger partial charge in [0, 0.05) is 15.6 Å². The molecule has 0 amide bonds. The number of carbonyl (C=O) groups is 1. The first-order valence-corrected chi connectivity index (χ1v) is 8.62. The fraction of sp³-hybridized carbons (Fsp3) is 0.700. The van der Waals surface area contributed by atoms with E-state index in [1.54, 1.807) is 0 Å². The lowest BCUT2D eigenvalue weighted by atomic mass is 10.2. The van der Waals surface area contributed by atoms with E-state index in [1.807, 2.05) is 6.92 Å². The summed E-state index contributed by atoms with van der Waals surface area (Å²) in [6.45, 7) is 5.31. The van der Waals surface area contributed by atoms with E-state index in [0.717, 1.165) is 6.42 Å². The van der Waals surface area contributed by atoms with Crippen LogP contribution in [0.4, 0.5) is 0 Å². The molecule has 0 N–H and O–H groups in total. The molecule has 0 radical (unpaired) electrons.